The van der Waals surface area contributed by atoms with Crippen molar-refractivity contribution in [2.45, 2.75) is 30.0 Å². The second kappa shape index (κ2) is 7.10. The molecule has 0 bridgehead atoms. The minimum absolute atomic E-state index is 0.0619. The summed E-state index contributed by atoms with van der Waals surface area (Å²) in [5, 5.41) is 11.9. The van der Waals surface area contributed by atoms with E-state index in [1.54, 1.807) is 0 Å². The summed E-state index contributed by atoms with van der Waals surface area (Å²) in [7, 11) is -4.22. The maximum atomic E-state index is 14.3. The fourth-order valence-electron chi connectivity index (χ4n) is 3.74. The van der Waals surface area contributed by atoms with Crippen LogP contribution in [0.2, 0.25) is 0 Å². The first-order chi connectivity index (χ1) is 13.6. The van der Waals surface area contributed by atoms with Crippen LogP contribution in [-0.4, -0.2) is 69.3 Å². The average Bonchev–Trinajstić information content (AvgIpc) is 3.46. The van der Waals surface area contributed by atoms with E-state index >= 15 is 0 Å². The summed E-state index contributed by atoms with van der Waals surface area (Å²) in [5.41, 5.74) is -0.212. The van der Waals surface area contributed by atoms with Gasteiger partial charge < -0.3 is 15.3 Å². The van der Waals surface area contributed by atoms with Gasteiger partial charge in [0.15, 0.2) is 0 Å². The number of fused-ring (bicyclic) bond motifs is 1. The van der Waals surface area contributed by atoms with Gasteiger partial charge in [0, 0.05) is 32.1 Å². The van der Waals surface area contributed by atoms with Gasteiger partial charge in [0.1, 0.15) is 22.6 Å². The van der Waals surface area contributed by atoms with Crippen molar-refractivity contribution in [2.24, 2.45) is 10.3 Å². The molecule has 4 rings (SSSR count). The first-order valence-corrected chi connectivity index (χ1v) is 10.7. The van der Waals surface area contributed by atoms with Crippen molar-refractivity contribution >= 4 is 27.2 Å². The van der Waals surface area contributed by atoms with Crippen LogP contribution in [0.15, 0.2) is 21.4 Å². The summed E-state index contributed by atoms with van der Waals surface area (Å²) in [6.07, 6.45) is -3.16. The molecular formula is C17H20F4N4O3S. The zero-order valence-electron chi connectivity index (χ0n) is 15.3. The molecule has 0 radical (unpaired) electrons. The molecular weight excluding hydrogens is 416 g/mol. The second-order valence-corrected chi connectivity index (χ2v) is 9.00. The molecule has 0 amide bonds. The molecule has 2 aliphatic heterocycles. The normalized spacial score (nSPS) is 24.7. The van der Waals surface area contributed by atoms with Crippen LogP contribution in [0.5, 0.6) is 0 Å². The Labute approximate surface area is 165 Å². The van der Waals surface area contributed by atoms with Crippen molar-refractivity contribution in [3.63, 3.8) is 0 Å². The van der Waals surface area contributed by atoms with E-state index in [2.05, 4.69) is 9.71 Å². The number of halogens is 4. The Morgan fingerprint density at radius 2 is 1.97 bits per heavy atom. The van der Waals surface area contributed by atoms with Crippen LogP contribution >= 0.6 is 0 Å². The van der Waals surface area contributed by atoms with E-state index in [9.17, 15) is 26.0 Å². The van der Waals surface area contributed by atoms with Gasteiger partial charge in [0.05, 0.1) is 18.0 Å². The van der Waals surface area contributed by atoms with Gasteiger partial charge in [-0.2, -0.15) is 21.6 Å². The number of amidine groups is 1. The third-order valence-electron chi connectivity index (χ3n) is 5.33. The van der Waals surface area contributed by atoms with Gasteiger partial charge in [-0.1, -0.05) is 0 Å². The predicted octanol–water partition coefficient (Wildman–Crippen LogP) is 1.79. The second-order valence-electron chi connectivity index (χ2n) is 7.42. The Morgan fingerprint density at radius 3 is 2.59 bits per heavy atom. The molecule has 2 N–H and O–H groups in total. The minimum atomic E-state index is -4.63. The van der Waals surface area contributed by atoms with E-state index in [1.807, 2.05) is 0 Å². The van der Waals surface area contributed by atoms with Crippen LogP contribution < -0.4 is 10.2 Å². The standard InChI is InChI=1S/C17H20F4N4O3S/c18-11-7-12(25-4-3-24(5-6-26)9-14(25)17(19,20)21)15-13(8-11)29(27,28)23-16(22-15)10-1-2-10/h7-8,10,14,26H,1-6,9H2,(H,22,23). The smallest absolute Gasteiger partial charge is 0.395 e. The summed E-state index contributed by atoms with van der Waals surface area (Å²) in [6.45, 7) is -0.480. The molecule has 3 aliphatic rings. The van der Waals surface area contributed by atoms with Gasteiger partial charge in [-0.15, -0.1) is 4.40 Å². The lowest BCUT2D eigenvalue weighted by atomic mass is 10.1. The number of piperazine rings is 1. The Balaban J connectivity index is 1.78. The molecule has 160 valence electrons. The Morgan fingerprint density at radius 1 is 1.24 bits per heavy atom. The molecule has 1 aromatic carbocycles. The monoisotopic (exact) mass is 436 g/mol. The molecule has 12 heteroatoms. The Hall–Kier alpha value is -1.92. The van der Waals surface area contributed by atoms with Gasteiger partial charge in [0.25, 0.3) is 10.0 Å². The highest BCUT2D eigenvalue weighted by Gasteiger charge is 2.48. The topological polar surface area (TPSA) is 85.2 Å². The first kappa shape index (κ1) is 20.4. The summed E-state index contributed by atoms with van der Waals surface area (Å²) >= 11 is 0. The maximum absolute atomic E-state index is 14.3. The molecule has 1 saturated carbocycles. The van der Waals surface area contributed by atoms with Crippen LogP contribution in [-0.2, 0) is 10.0 Å². The van der Waals surface area contributed by atoms with Gasteiger partial charge in [-0.25, -0.2) is 4.39 Å². The van der Waals surface area contributed by atoms with Crippen molar-refractivity contribution in [1.82, 2.24) is 4.90 Å². The molecule has 2 heterocycles. The lowest BCUT2D eigenvalue weighted by Crippen LogP contribution is -2.59. The Bertz CT molecular complexity index is 947. The van der Waals surface area contributed by atoms with Crippen molar-refractivity contribution in [1.29, 1.82) is 0 Å². The fourth-order valence-corrected chi connectivity index (χ4v) is 4.97. The molecule has 29 heavy (non-hydrogen) atoms. The molecule has 0 spiro atoms. The number of anilines is 2. The summed E-state index contributed by atoms with van der Waals surface area (Å²) in [6, 6.07) is -0.266. The maximum Gasteiger partial charge on any atom is 0.409 e. The zero-order valence-corrected chi connectivity index (χ0v) is 16.1. The molecule has 0 aromatic heterocycles. The number of benzene rings is 1. The molecule has 1 unspecified atom stereocenters. The highest BCUT2D eigenvalue weighted by atomic mass is 32.2. The third-order valence-corrected chi connectivity index (χ3v) is 6.64. The lowest BCUT2D eigenvalue weighted by molar-refractivity contribution is -0.156. The highest BCUT2D eigenvalue weighted by Crippen LogP contribution is 2.43. The molecule has 1 aromatic rings. The van der Waals surface area contributed by atoms with Crippen LogP contribution in [0.3, 0.4) is 0 Å². The number of aliphatic hydroxyl groups is 1. The number of β-amino-alcohol motifs (C(OH)–C–C–N with tert-alkyl or cyclic N) is 1. The quantitative estimate of drug-likeness (QED) is 0.701. The predicted molar refractivity (Wildman–Crippen MR) is 98.1 cm³/mol. The van der Waals surface area contributed by atoms with Crippen molar-refractivity contribution < 1.29 is 31.1 Å². The van der Waals surface area contributed by atoms with Crippen LogP contribution in [0.25, 0.3) is 0 Å². The van der Waals surface area contributed by atoms with Crippen LogP contribution in [0.4, 0.5) is 28.9 Å². The van der Waals surface area contributed by atoms with Crippen LogP contribution in [0.1, 0.15) is 12.8 Å². The minimum Gasteiger partial charge on any atom is -0.395 e. The first-order valence-electron chi connectivity index (χ1n) is 9.22. The molecule has 7 nitrogen and oxygen atoms in total. The van der Waals surface area contributed by atoms with Gasteiger partial charge in [-0.05, 0) is 25.0 Å². The number of nitrogens with zero attached hydrogens (tertiary/aromatic N) is 3. The number of aliphatic hydroxyl groups excluding tert-OH is 1. The SMILES string of the molecule is O=S1(=O)N=C(C2CC2)Nc2c(N3CCN(CCO)CC3C(F)(F)F)cc(F)cc21. The van der Waals surface area contributed by atoms with E-state index in [4.69, 9.17) is 5.11 Å². The van der Waals surface area contributed by atoms with Crippen molar-refractivity contribution in [2.75, 3.05) is 43.0 Å². The molecule has 1 atom stereocenters. The Kier molecular flexibility index (Phi) is 4.98. The largest absolute Gasteiger partial charge is 0.409 e. The number of sulfonamides is 1. The fraction of sp³-hybridized carbons (Fsp3) is 0.588. The number of hydrogen-bond acceptors (Lipinski definition) is 6. The number of alkyl halides is 3. The van der Waals surface area contributed by atoms with E-state index in [-0.39, 0.29) is 49.4 Å². The number of nitrogens with one attached hydrogen (secondary N) is 1. The highest BCUT2D eigenvalue weighted by molar-refractivity contribution is 7.90. The summed E-state index contributed by atoms with van der Waals surface area (Å²) in [4.78, 5) is 2.01. The summed E-state index contributed by atoms with van der Waals surface area (Å²) < 4.78 is 84.4. The molecule has 2 fully saturated rings. The number of hydrogen-bond donors (Lipinski definition) is 2. The lowest BCUT2D eigenvalue weighted by Gasteiger charge is -2.44. The average molecular weight is 436 g/mol. The van der Waals surface area contributed by atoms with E-state index in [1.165, 1.54) is 4.90 Å². The van der Waals surface area contributed by atoms with E-state index in [0.29, 0.717) is 0 Å². The van der Waals surface area contributed by atoms with Gasteiger partial charge >= 0.3 is 6.18 Å². The van der Waals surface area contributed by atoms with Crippen molar-refractivity contribution in [3.8, 4) is 0 Å². The molecule has 1 saturated heterocycles. The van der Waals surface area contributed by atoms with Crippen molar-refractivity contribution in [3.05, 3.63) is 17.9 Å². The van der Waals surface area contributed by atoms with E-state index in [0.717, 1.165) is 29.9 Å². The van der Waals surface area contributed by atoms with E-state index < -0.39 is 39.5 Å². The third kappa shape index (κ3) is 3.92. The van der Waals surface area contributed by atoms with Gasteiger partial charge in [0.2, 0.25) is 0 Å². The molecule has 1 aliphatic carbocycles. The number of rotatable bonds is 4. The zero-order chi connectivity index (χ0) is 21.0. The van der Waals surface area contributed by atoms with Crippen LogP contribution in [0, 0.1) is 11.7 Å². The summed E-state index contributed by atoms with van der Waals surface area (Å²) in [5.74, 6) is -0.851. The van der Waals surface area contributed by atoms with Gasteiger partial charge in [-0.3, -0.25) is 4.90 Å².